The molecule has 0 bridgehead atoms. The van der Waals surface area contributed by atoms with Crippen molar-refractivity contribution in [2.45, 2.75) is 20.5 Å². The quantitative estimate of drug-likeness (QED) is 0.929. The molecule has 0 aliphatic carbocycles. The van der Waals surface area contributed by atoms with Gasteiger partial charge in [-0.15, -0.1) is 21.5 Å². The lowest BCUT2D eigenvalue weighted by Crippen LogP contribution is -2.13. The fraction of sp³-hybridized carbons (Fsp3) is 0.400. The van der Waals surface area contributed by atoms with Gasteiger partial charge in [0, 0.05) is 12.0 Å². The fourth-order valence-corrected chi connectivity index (χ4v) is 2.90. The third-order valence-electron chi connectivity index (χ3n) is 2.07. The zero-order valence-corrected chi connectivity index (χ0v) is 11.8. The van der Waals surface area contributed by atoms with Crippen molar-refractivity contribution in [3.05, 3.63) is 20.6 Å². The summed E-state index contributed by atoms with van der Waals surface area (Å²) in [5.41, 5.74) is 0.445. The lowest BCUT2D eigenvalue weighted by atomic mass is 10.3. The van der Waals surface area contributed by atoms with E-state index in [1.54, 1.807) is 7.11 Å². The van der Waals surface area contributed by atoms with Crippen LogP contribution in [0.25, 0.3) is 0 Å². The van der Waals surface area contributed by atoms with Crippen molar-refractivity contribution in [2.24, 2.45) is 0 Å². The summed E-state index contributed by atoms with van der Waals surface area (Å²) in [4.78, 5) is 17.0. The van der Waals surface area contributed by atoms with Crippen LogP contribution in [0, 0.1) is 13.8 Å². The number of ether oxygens (including phenoxy) is 1. The minimum atomic E-state index is -0.253. The molecule has 6 nitrogen and oxygen atoms in total. The summed E-state index contributed by atoms with van der Waals surface area (Å²) >= 11 is 2.79. The Morgan fingerprint density at radius 3 is 2.72 bits per heavy atom. The monoisotopic (exact) mass is 284 g/mol. The van der Waals surface area contributed by atoms with Crippen molar-refractivity contribution in [3.63, 3.8) is 0 Å². The number of methoxy groups -OCH3 is 1. The molecule has 0 spiro atoms. The second-order valence-corrected chi connectivity index (χ2v) is 6.00. The Balaban J connectivity index is 2.08. The Labute approximate surface area is 112 Å². The fourth-order valence-electron chi connectivity index (χ4n) is 1.38. The highest BCUT2D eigenvalue weighted by atomic mass is 32.1. The summed E-state index contributed by atoms with van der Waals surface area (Å²) in [6, 6.07) is 0. The summed E-state index contributed by atoms with van der Waals surface area (Å²) < 4.78 is 4.94. The summed E-state index contributed by atoms with van der Waals surface area (Å²) in [5, 5.41) is 12.5. The van der Waals surface area contributed by atoms with Gasteiger partial charge < -0.3 is 4.74 Å². The summed E-state index contributed by atoms with van der Waals surface area (Å²) in [6.45, 7) is 4.13. The molecule has 0 aliphatic rings. The van der Waals surface area contributed by atoms with E-state index >= 15 is 0 Å². The molecule has 0 aromatic carbocycles. The van der Waals surface area contributed by atoms with Gasteiger partial charge in [0.15, 0.2) is 0 Å². The van der Waals surface area contributed by atoms with Crippen LogP contribution < -0.4 is 5.32 Å². The van der Waals surface area contributed by atoms with E-state index in [4.69, 9.17) is 4.74 Å². The van der Waals surface area contributed by atoms with Crippen LogP contribution in [0.5, 0.6) is 0 Å². The van der Waals surface area contributed by atoms with Gasteiger partial charge in [-0.2, -0.15) is 0 Å². The van der Waals surface area contributed by atoms with Crippen LogP contribution in [0.3, 0.4) is 0 Å². The smallest absolute Gasteiger partial charge is 0.277 e. The predicted molar refractivity (Wildman–Crippen MR) is 70.2 cm³/mol. The number of hydrogen-bond donors (Lipinski definition) is 1. The molecule has 1 N–H and O–H groups in total. The average Bonchev–Trinajstić information content (AvgIpc) is 2.86. The Kier molecular flexibility index (Phi) is 4.00. The van der Waals surface area contributed by atoms with E-state index in [0.29, 0.717) is 17.4 Å². The first-order valence-corrected chi connectivity index (χ1v) is 6.80. The van der Waals surface area contributed by atoms with Crippen molar-refractivity contribution in [1.82, 2.24) is 15.2 Å². The highest BCUT2D eigenvalue weighted by Crippen LogP contribution is 2.20. The zero-order chi connectivity index (χ0) is 13.1. The average molecular weight is 284 g/mol. The molecular weight excluding hydrogens is 272 g/mol. The van der Waals surface area contributed by atoms with Crippen LogP contribution in [0.15, 0.2) is 0 Å². The number of amides is 1. The van der Waals surface area contributed by atoms with E-state index in [-0.39, 0.29) is 5.91 Å². The second-order valence-electron chi connectivity index (χ2n) is 3.53. The van der Waals surface area contributed by atoms with Gasteiger partial charge in [-0.1, -0.05) is 11.3 Å². The first-order chi connectivity index (χ1) is 8.60. The maximum Gasteiger partial charge on any atom is 0.277 e. The highest BCUT2D eigenvalue weighted by Gasteiger charge is 2.15. The van der Waals surface area contributed by atoms with E-state index in [0.717, 1.165) is 14.9 Å². The Morgan fingerprint density at radius 2 is 2.11 bits per heavy atom. The van der Waals surface area contributed by atoms with Crippen molar-refractivity contribution >= 4 is 33.7 Å². The maximum atomic E-state index is 12.0. The summed E-state index contributed by atoms with van der Waals surface area (Å²) in [6.07, 6.45) is 0. The summed E-state index contributed by atoms with van der Waals surface area (Å²) in [7, 11) is 1.58. The van der Waals surface area contributed by atoms with Gasteiger partial charge in [-0.3, -0.25) is 10.1 Å². The van der Waals surface area contributed by atoms with E-state index < -0.39 is 0 Å². The molecule has 0 fully saturated rings. The zero-order valence-electron chi connectivity index (χ0n) is 10.2. The van der Waals surface area contributed by atoms with E-state index in [1.807, 2.05) is 13.8 Å². The molecular formula is C10H12N4O2S2. The van der Waals surface area contributed by atoms with E-state index in [9.17, 15) is 4.79 Å². The van der Waals surface area contributed by atoms with Gasteiger partial charge in [-0.05, 0) is 13.8 Å². The van der Waals surface area contributed by atoms with E-state index in [1.165, 1.54) is 22.7 Å². The third kappa shape index (κ3) is 2.89. The number of hydrogen-bond acceptors (Lipinski definition) is 7. The number of aryl methyl sites for hydroxylation is 2. The van der Waals surface area contributed by atoms with Crippen LogP contribution in [-0.2, 0) is 11.3 Å². The Bertz CT molecular complexity index is 564. The predicted octanol–water partition coefficient (Wildman–Crippen LogP) is 2.01. The normalized spacial score (nSPS) is 10.6. The Morgan fingerprint density at radius 1 is 1.33 bits per heavy atom. The van der Waals surface area contributed by atoms with Gasteiger partial charge in [-0.25, -0.2) is 4.98 Å². The van der Waals surface area contributed by atoms with Crippen LogP contribution in [0.4, 0.5) is 5.13 Å². The number of carbonyl (C=O) groups is 1. The molecule has 1 amide bonds. The second kappa shape index (κ2) is 5.51. The van der Waals surface area contributed by atoms with Crippen LogP contribution in [0.1, 0.15) is 25.4 Å². The molecule has 0 radical (unpaired) electrons. The summed E-state index contributed by atoms with van der Waals surface area (Å²) in [5.74, 6) is -0.253. The number of nitrogens with zero attached hydrogens (tertiary/aromatic N) is 3. The molecule has 2 aromatic rings. The van der Waals surface area contributed by atoms with Crippen molar-refractivity contribution in [3.8, 4) is 0 Å². The lowest BCUT2D eigenvalue weighted by molar-refractivity contribution is 0.102. The molecule has 2 heterocycles. The van der Waals surface area contributed by atoms with Gasteiger partial charge >= 0.3 is 0 Å². The number of anilines is 1. The lowest BCUT2D eigenvalue weighted by Gasteiger charge is -1.97. The molecule has 2 rings (SSSR count). The molecule has 0 saturated carbocycles. The molecule has 8 heteroatoms. The Hall–Kier alpha value is -1.38. The number of nitrogens with one attached hydrogen (secondary N) is 1. The third-order valence-corrected chi connectivity index (χ3v) is 3.77. The molecule has 0 saturated heterocycles. The van der Waals surface area contributed by atoms with Gasteiger partial charge in [0.05, 0.1) is 5.01 Å². The highest BCUT2D eigenvalue weighted by molar-refractivity contribution is 7.15. The SMILES string of the molecule is COCc1nnc(NC(=O)c2nc(C)sc2C)s1. The molecule has 0 aliphatic heterocycles. The van der Waals surface area contributed by atoms with Crippen molar-refractivity contribution in [1.29, 1.82) is 0 Å². The van der Waals surface area contributed by atoms with Crippen molar-refractivity contribution < 1.29 is 9.53 Å². The number of aromatic nitrogens is 3. The van der Waals surface area contributed by atoms with Gasteiger partial charge in [0.25, 0.3) is 5.91 Å². The number of thiazole rings is 1. The maximum absolute atomic E-state index is 12.0. The van der Waals surface area contributed by atoms with Crippen LogP contribution >= 0.6 is 22.7 Å². The topological polar surface area (TPSA) is 77.0 Å². The molecule has 96 valence electrons. The number of rotatable bonds is 4. The standard InChI is InChI=1S/C10H12N4O2S2/c1-5-8(11-6(2)17-5)9(15)12-10-14-13-7(18-10)4-16-3/h4H2,1-3H3,(H,12,14,15). The van der Waals surface area contributed by atoms with Crippen LogP contribution in [-0.4, -0.2) is 28.2 Å². The molecule has 0 atom stereocenters. The minimum Gasteiger partial charge on any atom is -0.377 e. The number of carbonyl (C=O) groups excluding carboxylic acids is 1. The van der Waals surface area contributed by atoms with Crippen molar-refractivity contribution in [2.75, 3.05) is 12.4 Å². The van der Waals surface area contributed by atoms with E-state index in [2.05, 4.69) is 20.5 Å². The van der Waals surface area contributed by atoms with Crippen LogP contribution in [0.2, 0.25) is 0 Å². The molecule has 2 aromatic heterocycles. The first kappa shape index (κ1) is 13.1. The molecule has 18 heavy (non-hydrogen) atoms. The van der Waals surface area contributed by atoms with Gasteiger partial charge in [0.2, 0.25) is 5.13 Å². The largest absolute Gasteiger partial charge is 0.377 e. The minimum absolute atomic E-state index is 0.253. The van der Waals surface area contributed by atoms with Gasteiger partial charge in [0.1, 0.15) is 17.3 Å². The molecule has 0 unspecified atom stereocenters. The first-order valence-electron chi connectivity index (χ1n) is 5.17.